The molecule has 0 atom stereocenters. The van der Waals surface area contributed by atoms with Gasteiger partial charge in [-0.05, 0) is 73.7 Å². The van der Waals surface area contributed by atoms with E-state index in [1.807, 2.05) is 22.6 Å². The van der Waals surface area contributed by atoms with E-state index >= 15 is 0 Å². The molecule has 28 heavy (non-hydrogen) atoms. The lowest BCUT2D eigenvalue weighted by Gasteiger charge is -2.22. The molecule has 2 aromatic carbocycles. The molecule has 9 heteroatoms. The lowest BCUT2D eigenvalue weighted by Crippen LogP contribution is -2.41. The van der Waals surface area contributed by atoms with E-state index < -0.39 is 40.6 Å². The van der Waals surface area contributed by atoms with Crippen LogP contribution in [0.3, 0.4) is 0 Å². The first-order valence-electron chi connectivity index (χ1n) is 8.09. The number of hydrogen-bond donors (Lipinski definition) is 2. The van der Waals surface area contributed by atoms with E-state index in [-0.39, 0.29) is 11.1 Å². The Morgan fingerprint density at radius 3 is 2.21 bits per heavy atom. The smallest absolute Gasteiger partial charge is 0.347 e. The van der Waals surface area contributed by atoms with Crippen LogP contribution in [0.5, 0.6) is 0 Å². The zero-order valence-electron chi connectivity index (χ0n) is 15.2. The lowest BCUT2D eigenvalue weighted by atomic mass is 10.0. The molecule has 4 nitrogen and oxygen atoms in total. The Balaban J connectivity index is 2.41. The van der Waals surface area contributed by atoms with Gasteiger partial charge in [0, 0.05) is 9.11 Å². The normalized spacial score (nSPS) is 11.9. The van der Waals surface area contributed by atoms with Crippen LogP contribution in [0.4, 0.5) is 23.2 Å². The Morgan fingerprint density at radius 2 is 1.64 bits per heavy atom. The van der Waals surface area contributed by atoms with E-state index in [0.717, 1.165) is 0 Å². The summed E-state index contributed by atoms with van der Waals surface area (Å²) >= 11 is 1.88. The zero-order valence-corrected chi connectivity index (χ0v) is 17.3. The van der Waals surface area contributed by atoms with Crippen LogP contribution >= 0.6 is 22.6 Å². The third-order valence-electron chi connectivity index (χ3n) is 3.52. The summed E-state index contributed by atoms with van der Waals surface area (Å²) in [6, 6.07) is 6.20. The molecule has 0 saturated carbocycles. The van der Waals surface area contributed by atoms with Crippen LogP contribution in [-0.2, 0) is 6.18 Å². The summed E-state index contributed by atoms with van der Waals surface area (Å²) in [6.45, 7) is 5.29. The summed E-state index contributed by atoms with van der Waals surface area (Å²) in [5.74, 6) is -2.43. The number of alkyl halides is 3. The van der Waals surface area contributed by atoms with Crippen molar-refractivity contribution in [3.05, 3.63) is 62.5 Å². The molecule has 0 unspecified atom stereocenters. The Morgan fingerprint density at radius 1 is 1.00 bits per heavy atom. The molecule has 0 radical (unpaired) electrons. The Hall–Kier alpha value is -2.17. The molecular weight excluding hydrogens is 491 g/mol. The molecule has 0 aliphatic rings. The minimum Gasteiger partial charge on any atom is -0.347 e. The largest absolute Gasteiger partial charge is 0.416 e. The molecule has 0 spiro atoms. The van der Waals surface area contributed by atoms with Crippen molar-refractivity contribution in [3.8, 4) is 0 Å². The number of amides is 2. The fourth-order valence-corrected chi connectivity index (χ4v) is 3.08. The summed E-state index contributed by atoms with van der Waals surface area (Å²) in [4.78, 5) is 25.2. The van der Waals surface area contributed by atoms with Crippen molar-refractivity contribution in [1.29, 1.82) is 0 Å². The molecule has 0 saturated heterocycles. The van der Waals surface area contributed by atoms with E-state index in [0.29, 0.717) is 21.8 Å². The number of carbonyl (C=O) groups is 2. The SMILES string of the molecule is CC(C)(C)NC(=O)c1c(I)cccc1C(=O)Nc1cc(C(F)(F)F)ccc1F. The van der Waals surface area contributed by atoms with Gasteiger partial charge in [-0.2, -0.15) is 13.2 Å². The molecule has 0 fully saturated rings. The van der Waals surface area contributed by atoms with Gasteiger partial charge in [0.2, 0.25) is 0 Å². The summed E-state index contributed by atoms with van der Waals surface area (Å²) in [5, 5.41) is 4.86. The molecular formula is C19H17F4IN2O2. The van der Waals surface area contributed by atoms with Crippen LogP contribution < -0.4 is 10.6 Å². The summed E-state index contributed by atoms with van der Waals surface area (Å²) in [7, 11) is 0. The minimum atomic E-state index is -4.69. The Kier molecular flexibility index (Phi) is 6.37. The van der Waals surface area contributed by atoms with Gasteiger partial charge in [-0.25, -0.2) is 4.39 Å². The van der Waals surface area contributed by atoms with E-state index in [1.54, 1.807) is 26.8 Å². The standard InChI is InChI=1S/C19H17F4IN2O2/c1-18(2,3)26-17(28)15-11(5-4-6-13(15)24)16(27)25-14-9-10(19(21,22)23)7-8-12(14)20/h4-9H,1-3H3,(H,25,27)(H,26,28). The van der Waals surface area contributed by atoms with Crippen molar-refractivity contribution in [2.24, 2.45) is 0 Å². The van der Waals surface area contributed by atoms with Gasteiger partial charge in [-0.1, -0.05) is 6.07 Å². The highest BCUT2D eigenvalue weighted by atomic mass is 127. The third kappa shape index (κ3) is 5.43. The molecule has 150 valence electrons. The van der Waals surface area contributed by atoms with Gasteiger partial charge in [-0.3, -0.25) is 9.59 Å². The number of nitrogens with one attached hydrogen (secondary N) is 2. The molecule has 2 aromatic rings. The molecule has 0 aliphatic heterocycles. The van der Waals surface area contributed by atoms with E-state index in [9.17, 15) is 27.2 Å². The molecule has 2 N–H and O–H groups in total. The monoisotopic (exact) mass is 508 g/mol. The molecule has 2 amide bonds. The third-order valence-corrected chi connectivity index (χ3v) is 4.41. The molecule has 0 aliphatic carbocycles. The average Bonchev–Trinajstić information content (AvgIpc) is 2.53. The second-order valence-corrected chi connectivity index (χ2v) is 8.18. The highest BCUT2D eigenvalue weighted by Gasteiger charge is 2.31. The second kappa shape index (κ2) is 8.06. The summed E-state index contributed by atoms with van der Waals surface area (Å²) in [5.41, 5.74) is -2.32. The maximum atomic E-state index is 13.9. The Bertz CT molecular complexity index is 921. The van der Waals surface area contributed by atoms with Crippen LogP contribution in [0, 0.1) is 9.39 Å². The van der Waals surface area contributed by atoms with Gasteiger partial charge < -0.3 is 10.6 Å². The van der Waals surface area contributed by atoms with Crippen LogP contribution in [0.25, 0.3) is 0 Å². The van der Waals surface area contributed by atoms with Gasteiger partial charge in [0.25, 0.3) is 11.8 Å². The number of anilines is 1. The van der Waals surface area contributed by atoms with Gasteiger partial charge in [0.15, 0.2) is 0 Å². The second-order valence-electron chi connectivity index (χ2n) is 7.01. The fourth-order valence-electron chi connectivity index (χ4n) is 2.33. The van der Waals surface area contributed by atoms with Crippen LogP contribution in [-0.4, -0.2) is 17.4 Å². The van der Waals surface area contributed by atoms with Crippen LogP contribution in [0.1, 0.15) is 47.1 Å². The van der Waals surface area contributed by atoms with Crippen LogP contribution in [0.15, 0.2) is 36.4 Å². The van der Waals surface area contributed by atoms with Crippen molar-refractivity contribution >= 4 is 40.1 Å². The fraction of sp³-hybridized carbons (Fsp3) is 0.263. The predicted molar refractivity (Wildman–Crippen MR) is 106 cm³/mol. The van der Waals surface area contributed by atoms with Gasteiger partial charge in [0.05, 0.1) is 22.4 Å². The van der Waals surface area contributed by atoms with E-state index in [1.165, 1.54) is 12.1 Å². The topological polar surface area (TPSA) is 58.2 Å². The first-order chi connectivity index (χ1) is 12.8. The minimum absolute atomic E-state index is 0.0582. The first kappa shape index (κ1) is 22.1. The molecule has 0 bridgehead atoms. The average molecular weight is 508 g/mol. The van der Waals surface area contributed by atoms with Crippen molar-refractivity contribution < 1.29 is 27.2 Å². The van der Waals surface area contributed by atoms with Gasteiger partial charge in [0.1, 0.15) is 5.82 Å². The van der Waals surface area contributed by atoms with E-state index in [4.69, 9.17) is 0 Å². The maximum Gasteiger partial charge on any atom is 0.416 e. The van der Waals surface area contributed by atoms with Crippen molar-refractivity contribution in [2.75, 3.05) is 5.32 Å². The van der Waals surface area contributed by atoms with Crippen molar-refractivity contribution in [2.45, 2.75) is 32.5 Å². The predicted octanol–water partition coefficient (Wildman–Crippen LogP) is 5.23. The van der Waals surface area contributed by atoms with Gasteiger partial charge >= 0.3 is 6.18 Å². The number of carbonyl (C=O) groups excluding carboxylic acids is 2. The highest BCUT2D eigenvalue weighted by Crippen LogP contribution is 2.32. The van der Waals surface area contributed by atoms with Gasteiger partial charge in [-0.15, -0.1) is 0 Å². The summed E-state index contributed by atoms with van der Waals surface area (Å²) < 4.78 is 53.0. The highest BCUT2D eigenvalue weighted by molar-refractivity contribution is 14.1. The number of rotatable bonds is 3. The maximum absolute atomic E-state index is 13.9. The van der Waals surface area contributed by atoms with Crippen LogP contribution in [0.2, 0.25) is 0 Å². The first-order valence-corrected chi connectivity index (χ1v) is 9.16. The molecule has 2 rings (SSSR count). The molecule has 0 aromatic heterocycles. The van der Waals surface area contributed by atoms with Crippen molar-refractivity contribution in [3.63, 3.8) is 0 Å². The van der Waals surface area contributed by atoms with E-state index in [2.05, 4.69) is 10.6 Å². The van der Waals surface area contributed by atoms with Crippen molar-refractivity contribution in [1.82, 2.24) is 5.32 Å². The number of halogens is 5. The lowest BCUT2D eigenvalue weighted by molar-refractivity contribution is -0.137. The quantitative estimate of drug-likeness (QED) is 0.441. The number of hydrogen-bond acceptors (Lipinski definition) is 2. The number of benzene rings is 2. The zero-order chi connectivity index (χ0) is 21.3. The Labute approximate surface area is 172 Å². The summed E-state index contributed by atoms with van der Waals surface area (Å²) in [6.07, 6.45) is -4.69. The molecule has 0 heterocycles.